The minimum absolute atomic E-state index is 1.33. The number of benzene rings is 1. The summed E-state index contributed by atoms with van der Waals surface area (Å²) in [6.45, 7) is 4.33. The van der Waals surface area contributed by atoms with Crippen molar-refractivity contribution in [3.63, 3.8) is 0 Å². The van der Waals surface area contributed by atoms with E-state index in [1.807, 2.05) is 11.3 Å². The molecule has 0 amide bonds. The molecule has 0 atom stereocenters. The number of hydrogen-bond donors (Lipinski definition) is 0. The predicted octanol–water partition coefficient (Wildman–Crippen LogP) is 4.03. The molecule has 66 valence electrons. The van der Waals surface area contributed by atoms with E-state index >= 15 is 0 Å². The summed E-state index contributed by atoms with van der Waals surface area (Å²) in [5, 5.41) is 0. The van der Waals surface area contributed by atoms with Gasteiger partial charge in [0.15, 0.2) is 0 Å². The highest BCUT2D eigenvalue weighted by atomic mass is 32.1. The first-order valence-corrected chi connectivity index (χ1v) is 5.21. The molecule has 0 aliphatic rings. The molecule has 0 spiro atoms. The van der Waals surface area contributed by atoms with Gasteiger partial charge in [-0.05, 0) is 31.0 Å². The topological polar surface area (TPSA) is 0 Å². The number of rotatable bonds is 1. The molecule has 2 rings (SSSR count). The molecule has 1 aromatic carbocycles. The fraction of sp³-hybridized carbons (Fsp3) is 0.167. The van der Waals surface area contributed by atoms with Crippen LogP contribution in [0.5, 0.6) is 0 Å². The fourth-order valence-corrected chi connectivity index (χ4v) is 2.55. The molecule has 0 fully saturated rings. The lowest BCUT2D eigenvalue weighted by Crippen LogP contribution is -1.72. The summed E-state index contributed by atoms with van der Waals surface area (Å²) in [6, 6.07) is 12.8. The van der Waals surface area contributed by atoms with E-state index in [0.29, 0.717) is 0 Å². The van der Waals surface area contributed by atoms with Crippen molar-refractivity contribution in [1.29, 1.82) is 0 Å². The van der Waals surface area contributed by atoms with Crippen LogP contribution in [0.3, 0.4) is 0 Å². The second kappa shape index (κ2) is 3.35. The van der Waals surface area contributed by atoms with Gasteiger partial charge < -0.3 is 0 Å². The Balaban J connectivity index is 2.53. The van der Waals surface area contributed by atoms with Crippen molar-refractivity contribution >= 4 is 11.3 Å². The molecule has 0 saturated carbocycles. The van der Waals surface area contributed by atoms with Gasteiger partial charge in [0.25, 0.3) is 0 Å². The van der Waals surface area contributed by atoms with Crippen LogP contribution in [0.1, 0.15) is 10.4 Å². The summed E-state index contributed by atoms with van der Waals surface area (Å²) >= 11 is 1.87. The van der Waals surface area contributed by atoms with E-state index in [4.69, 9.17) is 0 Å². The minimum atomic E-state index is 1.33. The maximum Gasteiger partial charge on any atom is 0.0374 e. The third-order valence-corrected chi connectivity index (χ3v) is 3.28. The second-order valence-corrected chi connectivity index (χ2v) is 4.49. The lowest BCUT2D eigenvalue weighted by molar-refractivity contribution is 1.50. The molecule has 0 radical (unpaired) electrons. The maximum atomic E-state index is 2.24. The van der Waals surface area contributed by atoms with Crippen LogP contribution in [-0.4, -0.2) is 0 Å². The van der Waals surface area contributed by atoms with Crippen molar-refractivity contribution in [2.45, 2.75) is 13.8 Å². The van der Waals surface area contributed by atoms with Crippen molar-refractivity contribution in [1.82, 2.24) is 0 Å². The molecule has 1 heteroatoms. The van der Waals surface area contributed by atoms with Gasteiger partial charge in [-0.25, -0.2) is 0 Å². The largest absolute Gasteiger partial charge is 0.140 e. The maximum absolute atomic E-state index is 2.24. The van der Waals surface area contributed by atoms with Gasteiger partial charge in [0.2, 0.25) is 0 Å². The molecule has 0 aliphatic heterocycles. The number of aryl methyl sites for hydroxylation is 2. The first kappa shape index (κ1) is 8.52. The molecule has 2 aromatic rings. The van der Waals surface area contributed by atoms with Crippen LogP contribution < -0.4 is 0 Å². The summed E-state index contributed by atoms with van der Waals surface area (Å²) < 4.78 is 0. The first-order valence-electron chi connectivity index (χ1n) is 4.40. The van der Waals surface area contributed by atoms with Gasteiger partial charge in [-0.2, -0.15) is 0 Å². The van der Waals surface area contributed by atoms with Crippen LogP contribution >= 0.6 is 11.3 Å². The van der Waals surface area contributed by atoms with E-state index in [-0.39, 0.29) is 0 Å². The van der Waals surface area contributed by atoms with Crippen molar-refractivity contribution in [3.05, 3.63) is 46.8 Å². The molecule has 1 aromatic heterocycles. The average molecular weight is 188 g/mol. The quantitative estimate of drug-likeness (QED) is 0.633. The van der Waals surface area contributed by atoms with Crippen LogP contribution in [0.25, 0.3) is 10.4 Å². The minimum Gasteiger partial charge on any atom is -0.140 e. The Morgan fingerprint density at radius 3 is 2.23 bits per heavy atom. The molecule has 13 heavy (non-hydrogen) atoms. The Kier molecular flexibility index (Phi) is 2.19. The van der Waals surface area contributed by atoms with Crippen LogP contribution in [0.2, 0.25) is 0 Å². The van der Waals surface area contributed by atoms with Crippen molar-refractivity contribution < 1.29 is 0 Å². The van der Waals surface area contributed by atoms with E-state index < -0.39 is 0 Å². The molecule has 0 N–H and O–H groups in total. The summed E-state index contributed by atoms with van der Waals surface area (Å²) in [5.41, 5.74) is 2.71. The average Bonchev–Trinajstić information content (AvgIpc) is 2.47. The molecule has 1 heterocycles. The Morgan fingerprint density at radius 1 is 1.00 bits per heavy atom. The van der Waals surface area contributed by atoms with E-state index in [0.717, 1.165) is 0 Å². The van der Waals surface area contributed by atoms with Crippen molar-refractivity contribution in [2.24, 2.45) is 0 Å². The van der Waals surface area contributed by atoms with Crippen molar-refractivity contribution in [3.8, 4) is 10.4 Å². The normalized spacial score (nSPS) is 10.3. The summed E-state index contributed by atoms with van der Waals surface area (Å²) in [6.07, 6.45) is 0. The second-order valence-electron chi connectivity index (χ2n) is 3.24. The fourth-order valence-electron chi connectivity index (χ4n) is 1.52. The van der Waals surface area contributed by atoms with E-state index in [1.54, 1.807) is 0 Å². The zero-order valence-electron chi connectivity index (χ0n) is 7.87. The summed E-state index contributed by atoms with van der Waals surface area (Å²) in [5.74, 6) is 0. The molecule has 0 saturated heterocycles. The zero-order valence-corrected chi connectivity index (χ0v) is 8.69. The SMILES string of the molecule is Cc1cc(C)c(-c2ccccc2)s1. The lowest BCUT2D eigenvalue weighted by atomic mass is 10.1. The standard InChI is InChI=1S/C12H12S/c1-9-8-10(2)13-12(9)11-6-4-3-5-7-11/h3-8H,1-2H3. The van der Waals surface area contributed by atoms with Crippen LogP contribution in [0.4, 0.5) is 0 Å². The number of hydrogen-bond acceptors (Lipinski definition) is 1. The molecular weight excluding hydrogens is 176 g/mol. The highest BCUT2D eigenvalue weighted by molar-refractivity contribution is 7.15. The van der Waals surface area contributed by atoms with Gasteiger partial charge in [0.05, 0.1) is 0 Å². The molecule has 0 nitrogen and oxygen atoms in total. The van der Waals surface area contributed by atoms with Crippen LogP contribution in [0, 0.1) is 13.8 Å². The smallest absolute Gasteiger partial charge is 0.0374 e. The van der Waals surface area contributed by atoms with E-state index in [2.05, 4.69) is 50.2 Å². The van der Waals surface area contributed by atoms with Gasteiger partial charge >= 0.3 is 0 Å². The lowest BCUT2D eigenvalue weighted by Gasteiger charge is -1.97. The molecule has 0 bridgehead atoms. The summed E-state index contributed by atoms with van der Waals surface area (Å²) in [4.78, 5) is 2.79. The third kappa shape index (κ3) is 1.65. The molecule has 0 unspecified atom stereocenters. The van der Waals surface area contributed by atoms with Gasteiger partial charge in [0.1, 0.15) is 0 Å². The van der Waals surface area contributed by atoms with Gasteiger partial charge in [-0.1, -0.05) is 30.3 Å². The summed E-state index contributed by atoms with van der Waals surface area (Å²) in [7, 11) is 0. The van der Waals surface area contributed by atoms with Crippen molar-refractivity contribution in [2.75, 3.05) is 0 Å². The van der Waals surface area contributed by atoms with Crippen LogP contribution in [-0.2, 0) is 0 Å². The van der Waals surface area contributed by atoms with E-state index in [9.17, 15) is 0 Å². The zero-order chi connectivity index (χ0) is 9.26. The Labute approximate surface area is 82.9 Å². The highest BCUT2D eigenvalue weighted by Crippen LogP contribution is 2.31. The predicted molar refractivity (Wildman–Crippen MR) is 59.2 cm³/mol. The third-order valence-electron chi connectivity index (χ3n) is 2.08. The molecular formula is C12H12S. The Morgan fingerprint density at radius 2 is 1.69 bits per heavy atom. The highest BCUT2D eigenvalue weighted by Gasteiger charge is 2.03. The Bertz CT molecular complexity index is 398. The van der Waals surface area contributed by atoms with Gasteiger partial charge in [-0.15, -0.1) is 11.3 Å². The monoisotopic (exact) mass is 188 g/mol. The van der Waals surface area contributed by atoms with Crippen LogP contribution in [0.15, 0.2) is 36.4 Å². The van der Waals surface area contributed by atoms with E-state index in [1.165, 1.54) is 20.9 Å². The first-order chi connectivity index (χ1) is 6.27. The molecule has 0 aliphatic carbocycles. The Hall–Kier alpha value is -1.08. The number of thiophene rings is 1. The van der Waals surface area contributed by atoms with Gasteiger partial charge in [0, 0.05) is 9.75 Å². The van der Waals surface area contributed by atoms with Gasteiger partial charge in [-0.3, -0.25) is 0 Å².